The van der Waals surface area contributed by atoms with E-state index >= 15 is 0 Å². The maximum Gasteiger partial charge on any atom is 0.254 e. The number of nitrogens with zero attached hydrogens (tertiary/aromatic N) is 2. The highest BCUT2D eigenvalue weighted by atomic mass is 16.2. The molecule has 1 amide bonds. The van der Waals surface area contributed by atoms with Crippen LogP contribution in [0, 0.1) is 6.92 Å². The molecule has 1 fully saturated rings. The minimum absolute atomic E-state index is 0.0980. The quantitative estimate of drug-likeness (QED) is 0.518. The minimum atomic E-state index is 0.0980. The van der Waals surface area contributed by atoms with Crippen LogP contribution in [0.2, 0.25) is 0 Å². The highest BCUT2D eigenvalue weighted by Crippen LogP contribution is 2.28. The molecular formula is C25H24N4O. The molecule has 0 bridgehead atoms. The predicted octanol–water partition coefficient (Wildman–Crippen LogP) is 4.86. The standard InChI is InChI=1S/C25H24N4O/c1-17-8-7-11-20(18-9-3-2-4-10-18)23(17)24(30)29-15-14-19(16-29)26-25-27-21-12-5-6-13-22(21)28-25/h2-13,19H,14-16H2,1H3,(H2,26,27,28). The Bertz CT molecular complexity index is 1170. The molecule has 5 heteroatoms. The van der Waals surface area contributed by atoms with Gasteiger partial charge in [-0.05, 0) is 42.2 Å². The maximum absolute atomic E-state index is 13.5. The van der Waals surface area contributed by atoms with Gasteiger partial charge in [-0.15, -0.1) is 0 Å². The van der Waals surface area contributed by atoms with Crippen molar-refractivity contribution in [3.05, 3.63) is 83.9 Å². The van der Waals surface area contributed by atoms with Crippen LogP contribution in [0.15, 0.2) is 72.8 Å². The number of rotatable bonds is 4. The number of aromatic nitrogens is 2. The molecule has 150 valence electrons. The molecule has 1 aromatic heterocycles. The van der Waals surface area contributed by atoms with Crippen molar-refractivity contribution in [1.29, 1.82) is 0 Å². The number of aryl methyl sites for hydroxylation is 1. The number of aromatic amines is 1. The predicted molar refractivity (Wildman–Crippen MR) is 121 cm³/mol. The summed E-state index contributed by atoms with van der Waals surface area (Å²) in [5, 5.41) is 3.47. The fourth-order valence-electron chi connectivity index (χ4n) is 4.25. The van der Waals surface area contributed by atoms with Gasteiger partial charge in [0.1, 0.15) is 0 Å². The third-order valence-corrected chi connectivity index (χ3v) is 5.78. The van der Waals surface area contributed by atoms with Crippen LogP contribution >= 0.6 is 0 Å². The van der Waals surface area contributed by atoms with Crippen molar-refractivity contribution in [2.24, 2.45) is 0 Å². The molecule has 0 radical (unpaired) electrons. The Kier molecular flexibility index (Phi) is 4.71. The summed E-state index contributed by atoms with van der Waals surface area (Å²) in [6.07, 6.45) is 0.898. The molecule has 0 saturated carbocycles. The molecule has 30 heavy (non-hydrogen) atoms. The van der Waals surface area contributed by atoms with Crippen molar-refractivity contribution >= 4 is 22.9 Å². The SMILES string of the molecule is Cc1cccc(-c2ccccc2)c1C(=O)N1CCC(Nc2nc3ccccc3[nH]2)C1. The van der Waals surface area contributed by atoms with Gasteiger partial charge in [-0.2, -0.15) is 0 Å². The number of carbonyl (C=O) groups is 1. The first-order chi connectivity index (χ1) is 14.7. The van der Waals surface area contributed by atoms with E-state index in [1.165, 1.54) is 0 Å². The number of likely N-dealkylation sites (tertiary alicyclic amines) is 1. The number of hydrogen-bond acceptors (Lipinski definition) is 3. The normalized spacial score (nSPS) is 16.2. The second-order valence-corrected chi connectivity index (χ2v) is 7.85. The van der Waals surface area contributed by atoms with Gasteiger partial charge in [0.15, 0.2) is 0 Å². The monoisotopic (exact) mass is 396 g/mol. The molecule has 1 saturated heterocycles. The third kappa shape index (κ3) is 3.43. The van der Waals surface area contributed by atoms with Crippen molar-refractivity contribution < 1.29 is 4.79 Å². The van der Waals surface area contributed by atoms with Gasteiger partial charge >= 0.3 is 0 Å². The van der Waals surface area contributed by atoms with E-state index in [0.29, 0.717) is 6.54 Å². The van der Waals surface area contributed by atoms with E-state index < -0.39 is 0 Å². The lowest BCUT2D eigenvalue weighted by molar-refractivity contribution is 0.0791. The summed E-state index contributed by atoms with van der Waals surface area (Å²) in [6.45, 7) is 3.41. The molecule has 3 aromatic carbocycles. The van der Waals surface area contributed by atoms with E-state index in [1.54, 1.807) is 0 Å². The van der Waals surface area contributed by atoms with Gasteiger partial charge in [-0.25, -0.2) is 4.98 Å². The lowest BCUT2D eigenvalue weighted by Gasteiger charge is -2.20. The molecule has 5 nitrogen and oxygen atoms in total. The fraction of sp³-hybridized carbons (Fsp3) is 0.200. The first kappa shape index (κ1) is 18.4. The van der Waals surface area contributed by atoms with Crippen molar-refractivity contribution in [3.8, 4) is 11.1 Å². The summed E-state index contributed by atoms with van der Waals surface area (Å²) in [5.41, 5.74) is 5.83. The molecular weight excluding hydrogens is 372 g/mol. The molecule has 0 aliphatic carbocycles. The van der Waals surface area contributed by atoms with Gasteiger partial charge < -0.3 is 15.2 Å². The van der Waals surface area contributed by atoms with Crippen LogP contribution in [0.1, 0.15) is 22.3 Å². The van der Waals surface area contributed by atoms with Crippen molar-refractivity contribution in [2.75, 3.05) is 18.4 Å². The highest BCUT2D eigenvalue weighted by Gasteiger charge is 2.29. The second kappa shape index (κ2) is 7.67. The Morgan fingerprint density at radius 3 is 2.67 bits per heavy atom. The molecule has 1 aliphatic rings. The molecule has 0 spiro atoms. The Hall–Kier alpha value is -3.60. The van der Waals surface area contributed by atoms with Crippen molar-refractivity contribution in [2.45, 2.75) is 19.4 Å². The van der Waals surface area contributed by atoms with Crippen molar-refractivity contribution in [1.82, 2.24) is 14.9 Å². The lowest BCUT2D eigenvalue weighted by atomic mass is 9.95. The minimum Gasteiger partial charge on any atom is -0.351 e. The molecule has 2 N–H and O–H groups in total. The van der Waals surface area contributed by atoms with Crippen LogP contribution in [0.4, 0.5) is 5.95 Å². The largest absolute Gasteiger partial charge is 0.351 e. The number of H-pyrrole nitrogens is 1. The zero-order valence-corrected chi connectivity index (χ0v) is 16.9. The van der Waals surface area contributed by atoms with Crippen LogP contribution in [0.25, 0.3) is 22.2 Å². The first-order valence-corrected chi connectivity index (χ1v) is 10.3. The number of imidazole rings is 1. The van der Waals surface area contributed by atoms with Crippen LogP contribution in [-0.4, -0.2) is 39.9 Å². The van der Waals surface area contributed by atoms with E-state index in [1.807, 2.05) is 72.5 Å². The number of fused-ring (bicyclic) bond motifs is 1. The van der Waals surface area contributed by atoms with E-state index in [9.17, 15) is 4.79 Å². The van der Waals surface area contributed by atoms with Crippen LogP contribution < -0.4 is 5.32 Å². The maximum atomic E-state index is 13.5. The summed E-state index contributed by atoms with van der Waals surface area (Å²) >= 11 is 0. The lowest BCUT2D eigenvalue weighted by Crippen LogP contribution is -2.32. The summed E-state index contributed by atoms with van der Waals surface area (Å²) in [6, 6.07) is 24.4. The number of carbonyl (C=O) groups excluding carboxylic acids is 1. The van der Waals surface area contributed by atoms with Gasteiger partial charge in [0, 0.05) is 19.1 Å². The molecule has 1 atom stereocenters. The second-order valence-electron chi connectivity index (χ2n) is 7.85. The zero-order valence-electron chi connectivity index (χ0n) is 16.9. The number of nitrogens with one attached hydrogen (secondary N) is 2. The average Bonchev–Trinajstić information content (AvgIpc) is 3.40. The molecule has 1 unspecified atom stereocenters. The van der Waals surface area contributed by atoms with Crippen molar-refractivity contribution in [3.63, 3.8) is 0 Å². The van der Waals surface area contributed by atoms with E-state index in [2.05, 4.69) is 27.4 Å². The van der Waals surface area contributed by atoms with E-state index in [0.717, 1.165) is 52.2 Å². The summed E-state index contributed by atoms with van der Waals surface area (Å²) < 4.78 is 0. The molecule has 4 aromatic rings. The molecule has 2 heterocycles. The van der Waals surface area contributed by atoms with E-state index in [4.69, 9.17) is 0 Å². The first-order valence-electron chi connectivity index (χ1n) is 10.3. The Labute approximate surface area is 175 Å². The number of benzene rings is 3. The number of amides is 1. The van der Waals surface area contributed by atoms with Gasteiger partial charge in [-0.1, -0.05) is 60.7 Å². The Balaban J connectivity index is 1.35. The molecule has 1 aliphatic heterocycles. The highest BCUT2D eigenvalue weighted by molar-refractivity contribution is 6.02. The van der Waals surface area contributed by atoms with Gasteiger partial charge in [0.25, 0.3) is 5.91 Å². The average molecular weight is 396 g/mol. The third-order valence-electron chi connectivity index (χ3n) is 5.78. The van der Waals surface area contributed by atoms with Crippen LogP contribution in [0.5, 0.6) is 0 Å². The summed E-state index contributed by atoms with van der Waals surface area (Å²) in [5.74, 6) is 0.859. The van der Waals surface area contributed by atoms with Gasteiger partial charge in [-0.3, -0.25) is 4.79 Å². The molecule has 5 rings (SSSR count). The number of para-hydroxylation sites is 2. The fourth-order valence-corrected chi connectivity index (χ4v) is 4.25. The smallest absolute Gasteiger partial charge is 0.254 e. The van der Waals surface area contributed by atoms with Crippen LogP contribution in [0.3, 0.4) is 0 Å². The Morgan fingerprint density at radius 1 is 1.03 bits per heavy atom. The number of anilines is 1. The topological polar surface area (TPSA) is 61.0 Å². The van der Waals surface area contributed by atoms with E-state index in [-0.39, 0.29) is 11.9 Å². The summed E-state index contributed by atoms with van der Waals surface area (Å²) in [4.78, 5) is 23.3. The Morgan fingerprint density at radius 2 is 1.83 bits per heavy atom. The van der Waals surface area contributed by atoms with Gasteiger partial charge in [0.2, 0.25) is 5.95 Å². The summed E-state index contributed by atoms with van der Waals surface area (Å²) in [7, 11) is 0. The van der Waals surface area contributed by atoms with Crippen LogP contribution in [-0.2, 0) is 0 Å². The van der Waals surface area contributed by atoms with Gasteiger partial charge in [0.05, 0.1) is 16.6 Å². The zero-order chi connectivity index (χ0) is 20.5. The number of hydrogen-bond donors (Lipinski definition) is 2.